The van der Waals surface area contributed by atoms with Crippen LogP contribution < -0.4 is 5.32 Å². The van der Waals surface area contributed by atoms with Gasteiger partial charge in [0.25, 0.3) is 5.91 Å². The van der Waals surface area contributed by atoms with Crippen LogP contribution >= 0.6 is 0 Å². The first-order valence-electron chi connectivity index (χ1n) is 7.92. The molecule has 22 heavy (non-hydrogen) atoms. The molecule has 3 rings (SSSR count). The predicted molar refractivity (Wildman–Crippen MR) is 81.7 cm³/mol. The van der Waals surface area contributed by atoms with E-state index in [2.05, 4.69) is 15.2 Å². The topological polar surface area (TPSA) is 63.7 Å². The first kappa shape index (κ1) is 15.4. The van der Waals surface area contributed by atoms with Crippen LogP contribution in [0.2, 0.25) is 0 Å². The summed E-state index contributed by atoms with van der Waals surface area (Å²) >= 11 is 0. The van der Waals surface area contributed by atoms with Crippen molar-refractivity contribution in [3.63, 3.8) is 0 Å². The Bertz CT molecular complexity index is 471. The van der Waals surface area contributed by atoms with Gasteiger partial charge in [-0.05, 0) is 18.6 Å². The summed E-state index contributed by atoms with van der Waals surface area (Å²) in [6.07, 6.45) is 4.34. The van der Waals surface area contributed by atoms with Gasteiger partial charge >= 0.3 is 0 Å². The molecule has 2 aliphatic rings. The van der Waals surface area contributed by atoms with E-state index in [1.165, 1.54) is 0 Å². The molecule has 0 bridgehead atoms. The average molecular weight is 305 g/mol. The highest BCUT2D eigenvalue weighted by atomic mass is 16.5. The zero-order chi connectivity index (χ0) is 15.2. The van der Waals surface area contributed by atoms with E-state index in [9.17, 15) is 4.79 Å². The third-order valence-electron chi connectivity index (χ3n) is 4.44. The second-order valence-electron chi connectivity index (χ2n) is 5.79. The Hall–Kier alpha value is -1.50. The van der Waals surface area contributed by atoms with Gasteiger partial charge in [0.15, 0.2) is 0 Å². The number of carbonyl (C=O) groups is 1. The molecular weight excluding hydrogens is 282 g/mol. The number of nitrogens with zero attached hydrogens (tertiary/aromatic N) is 2. The first-order valence-corrected chi connectivity index (χ1v) is 7.92. The minimum atomic E-state index is -0.0421. The maximum atomic E-state index is 12.2. The fourth-order valence-electron chi connectivity index (χ4n) is 3.16. The summed E-state index contributed by atoms with van der Waals surface area (Å²) in [5, 5.41) is 3.07. The lowest BCUT2D eigenvalue weighted by molar-refractivity contribution is 0.00166. The molecule has 2 saturated heterocycles. The molecule has 6 nitrogen and oxygen atoms in total. The molecule has 0 aromatic carbocycles. The van der Waals surface area contributed by atoms with Crippen molar-refractivity contribution in [2.45, 2.75) is 12.5 Å². The first-order chi connectivity index (χ1) is 10.8. The summed E-state index contributed by atoms with van der Waals surface area (Å²) in [6, 6.07) is 3.78. The van der Waals surface area contributed by atoms with Crippen molar-refractivity contribution < 1.29 is 14.3 Å². The Balaban J connectivity index is 1.60. The molecule has 2 fully saturated rings. The molecule has 0 unspecified atom stereocenters. The lowest BCUT2D eigenvalue weighted by Crippen LogP contribution is -2.52. The Morgan fingerprint density at radius 2 is 2.05 bits per heavy atom. The van der Waals surface area contributed by atoms with E-state index in [-0.39, 0.29) is 5.91 Å². The van der Waals surface area contributed by atoms with Gasteiger partial charge in [-0.2, -0.15) is 0 Å². The summed E-state index contributed by atoms with van der Waals surface area (Å²) in [6.45, 7) is 5.63. The average Bonchev–Trinajstić information content (AvgIpc) is 3.11. The molecule has 3 heterocycles. The third kappa shape index (κ3) is 3.82. The molecule has 0 saturated carbocycles. The number of ether oxygens (including phenoxy) is 2. The van der Waals surface area contributed by atoms with Crippen LogP contribution in [0, 0.1) is 5.92 Å². The second-order valence-corrected chi connectivity index (χ2v) is 5.79. The van der Waals surface area contributed by atoms with Gasteiger partial charge in [0.2, 0.25) is 0 Å². The van der Waals surface area contributed by atoms with E-state index in [4.69, 9.17) is 9.47 Å². The summed E-state index contributed by atoms with van der Waals surface area (Å²) in [5.41, 5.74) is 0.651. The molecule has 1 N–H and O–H groups in total. The van der Waals surface area contributed by atoms with Crippen molar-refractivity contribution in [2.75, 3.05) is 46.1 Å². The molecule has 2 aliphatic heterocycles. The lowest BCUT2D eigenvalue weighted by atomic mass is 9.96. The number of nitrogens with one attached hydrogen (secondary N) is 1. The standard InChI is InChI=1S/C16H23N3O3/c20-16(13-1-4-17-5-2-13)18-11-15(14-3-8-22-12-14)19-6-9-21-10-7-19/h1-2,4-5,14-15H,3,6-12H2,(H,18,20)/t14-,15+/m0/s1. The fourth-order valence-corrected chi connectivity index (χ4v) is 3.16. The van der Waals surface area contributed by atoms with E-state index in [0.717, 1.165) is 45.9 Å². The van der Waals surface area contributed by atoms with Gasteiger partial charge in [0.05, 0.1) is 19.8 Å². The second kappa shape index (κ2) is 7.67. The summed E-state index contributed by atoms with van der Waals surface area (Å²) < 4.78 is 11.0. The number of aromatic nitrogens is 1. The number of hydrogen-bond donors (Lipinski definition) is 1. The molecule has 0 aliphatic carbocycles. The van der Waals surface area contributed by atoms with E-state index in [1.807, 2.05) is 0 Å². The highest BCUT2D eigenvalue weighted by Crippen LogP contribution is 2.21. The third-order valence-corrected chi connectivity index (χ3v) is 4.44. The van der Waals surface area contributed by atoms with E-state index < -0.39 is 0 Å². The van der Waals surface area contributed by atoms with Crippen molar-refractivity contribution in [3.05, 3.63) is 30.1 Å². The number of carbonyl (C=O) groups excluding carboxylic acids is 1. The largest absolute Gasteiger partial charge is 0.381 e. The Morgan fingerprint density at radius 1 is 1.27 bits per heavy atom. The number of morpholine rings is 1. The van der Waals surface area contributed by atoms with Gasteiger partial charge in [0.1, 0.15) is 0 Å². The predicted octanol–water partition coefficient (Wildman–Crippen LogP) is 0.549. The minimum absolute atomic E-state index is 0.0421. The molecule has 1 aromatic rings. The number of hydrogen-bond acceptors (Lipinski definition) is 5. The highest BCUT2D eigenvalue weighted by Gasteiger charge is 2.31. The number of rotatable bonds is 5. The van der Waals surface area contributed by atoms with Crippen molar-refractivity contribution in [1.29, 1.82) is 0 Å². The minimum Gasteiger partial charge on any atom is -0.381 e. The van der Waals surface area contributed by atoms with Crippen molar-refractivity contribution in [3.8, 4) is 0 Å². The van der Waals surface area contributed by atoms with Crippen molar-refractivity contribution >= 4 is 5.91 Å². The zero-order valence-electron chi connectivity index (χ0n) is 12.7. The lowest BCUT2D eigenvalue weighted by Gasteiger charge is -2.37. The van der Waals surface area contributed by atoms with Crippen LogP contribution in [0.1, 0.15) is 16.8 Å². The molecule has 1 aromatic heterocycles. The van der Waals surface area contributed by atoms with E-state index in [0.29, 0.717) is 24.1 Å². The Morgan fingerprint density at radius 3 is 2.73 bits per heavy atom. The summed E-state index contributed by atoms with van der Waals surface area (Å²) in [4.78, 5) is 18.6. The Kier molecular flexibility index (Phi) is 5.37. The van der Waals surface area contributed by atoms with Gasteiger partial charge < -0.3 is 14.8 Å². The van der Waals surface area contributed by atoms with Crippen LogP contribution in [0.4, 0.5) is 0 Å². The van der Waals surface area contributed by atoms with Gasteiger partial charge in [-0.3, -0.25) is 14.7 Å². The maximum absolute atomic E-state index is 12.2. The Labute approximate surface area is 130 Å². The summed E-state index contributed by atoms with van der Waals surface area (Å²) in [5.74, 6) is 0.440. The number of pyridine rings is 1. The molecule has 0 spiro atoms. The molecule has 1 amide bonds. The quantitative estimate of drug-likeness (QED) is 0.861. The van der Waals surface area contributed by atoms with Crippen molar-refractivity contribution in [2.24, 2.45) is 5.92 Å². The van der Waals surface area contributed by atoms with Crippen LogP contribution in [0.5, 0.6) is 0 Å². The van der Waals surface area contributed by atoms with Gasteiger partial charge in [-0.1, -0.05) is 0 Å². The van der Waals surface area contributed by atoms with Crippen molar-refractivity contribution in [1.82, 2.24) is 15.2 Å². The maximum Gasteiger partial charge on any atom is 0.251 e. The van der Waals surface area contributed by atoms with Crippen LogP contribution in [-0.2, 0) is 9.47 Å². The van der Waals surface area contributed by atoms with Crippen LogP contribution in [0.25, 0.3) is 0 Å². The molecule has 0 radical (unpaired) electrons. The normalized spacial score (nSPS) is 24.1. The van der Waals surface area contributed by atoms with E-state index in [1.54, 1.807) is 24.5 Å². The van der Waals surface area contributed by atoms with Gasteiger partial charge in [0, 0.05) is 56.2 Å². The molecule has 2 atom stereocenters. The fraction of sp³-hybridized carbons (Fsp3) is 0.625. The van der Waals surface area contributed by atoms with Gasteiger partial charge in [-0.25, -0.2) is 0 Å². The summed E-state index contributed by atoms with van der Waals surface area (Å²) in [7, 11) is 0. The smallest absolute Gasteiger partial charge is 0.251 e. The van der Waals surface area contributed by atoms with E-state index >= 15 is 0 Å². The SMILES string of the molecule is O=C(NC[C@H]([C@H]1CCOC1)N1CCOCC1)c1ccncc1. The molecular formula is C16H23N3O3. The van der Waals surface area contributed by atoms with Crippen LogP contribution in [-0.4, -0.2) is 67.9 Å². The number of amides is 1. The van der Waals surface area contributed by atoms with Crippen LogP contribution in [0.3, 0.4) is 0 Å². The highest BCUT2D eigenvalue weighted by molar-refractivity contribution is 5.93. The monoisotopic (exact) mass is 305 g/mol. The molecule has 120 valence electrons. The van der Waals surface area contributed by atoms with Crippen LogP contribution in [0.15, 0.2) is 24.5 Å². The molecule has 6 heteroatoms. The van der Waals surface area contributed by atoms with Gasteiger partial charge in [-0.15, -0.1) is 0 Å². The zero-order valence-corrected chi connectivity index (χ0v) is 12.7.